The van der Waals surface area contributed by atoms with Crippen molar-refractivity contribution in [1.29, 1.82) is 0 Å². The summed E-state index contributed by atoms with van der Waals surface area (Å²) >= 11 is 1.83. The van der Waals surface area contributed by atoms with Gasteiger partial charge in [-0.15, -0.1) is 11.8 Å². The minimum Gasteiger partial charge on any atom is -0.395 e. The SMILES string of the molecule is CCCc1nn(C)c(SCC(C)CC)c1N. The number of nitrogen functional groups attached to an aromatic ring is 1. The van der Waals surface area contributed by atoms with Gasteiger partial charge in [-0.2, -0.15) is 5.10 Å². The summed E-state index contributed by atoms with van der Waals surface area (Å²) in [6, 6.07) is 0. The van der Waals surface area contributed by atoms with E-state index in [1.807, 2.05) is 23.5 Å². The van der Waals surface area contributed by atoms with Crippen molar-refractivity contribution in [3.05, 3.63) is 5.69 Å². The van der Waals surface area contributed by atoms with E-state index in [1.54, 1.807) is 0 Å². The van der Waals surface area contributed by atoms with Gasteiger partial charge in [0, 0.05) is 12.8 Å². The average molecular weight is 241 g/mol. The molecule has 0 saturated carbocycles. The Bertz CT molecular complexity index is 333. The summed E-state index contributed by atoms with van der Waals surface area (Å²) in [5.41, 5.74) is 8.05. The molecule has 1 rings (SSSR count). The fourth-order valence-electron chi connectivity index (χ4n) is 1.51. The lowest BCUT2D eigenvalue weighted by molar-refractivity contribution is 0.633. The molecule has 0 radical (unpaired) electrons. The molecule has 0 fully saturated rings. The molecule has 3 nitrogen and oxygen atoms in total. The van der Waals surface area contributed by atoms with Crippen LogP contribution in [-0.2, 0) is 13.5 Å². The second-order valence-electron chi connectivity index (χ2n) is 4.36. The van der Waals surface area contributed by atoms with Gasteiger partial charge in [0.1, 0.15) is 5.03 Å². The number of anilines is 1. The molecule has 1 aromatic heterocycles. The van der Waals surface area contributed by atoms with Crippen molar-refractivity contribution in [2.24, 2.45) is 13.0 Å². The van der Waals surface area contributed by atoms with Crippen molar-refractivity contribution in [1.82, 2.24) is 9.78 Å². The Morgan fingerprint density at radius 1 is 1.44 bits per heavy atom. The average Bonchev–Trinajstić information content (AvgIpc) is 2.52. The molecule has 1 heterocycles. The highest BCUT2D eigenvalue weighted by Crippen LogP contribution is 2.29. The van der Waals surface area contributed by atoms with Crippen molar-refractivity contribution < 1.29 is 0 Å². The smallest absolute Gasteiger partial charge is 0.117 e. The van der Waals surface area contributed by atoms with Gasteiger partial charge in [-0.05, 0) is 12.3 Å². The molecule has 0 aromatic carbocycles. The van der Waals surface area contributed by atoms with Crippen LogP contribution in [0.4, 0.5) is 5.69 Å². The van der Waals surface area contributed by atoms with Crippen molar-refractivity contribution >= 4 is 17.4 Å². The fraction of sp³-hybridized carbons (Fsp3) is 0.750. The molecule has 16 heavy (non-hydrogen) atoms. The van der Waals surface area contributed by atoms with Crippen LogP contribution in [-0.4, -0.2) is 15.5 Å². The van der Waals surface area contributed by atoms with Gasteiger partial charge in [0.2, 0.25) is 0 Å². The highest BCUT2D eigenvalue weighted by molar-refractivity contribution is 7.99. The topological polar surface area (TPSA) is 43.8 Å². The fourth-order valence-corrected chi connectivity index (χ4v) is 2.69. The van der Waals surface area contributed by atoms with Crippen LogP contribution in [0.3, 0.4) is 0 Å². The Labute approximate surface area is 103 Å². The lowest BCUT2D eigenvalue weighted by Gasteiger charge is -2.08. The van der Waals surface area contributed by atoms with Crippen molar-refractivity contribution in [2.45, 2.75) is 45.1 Å². The number of aryl methyl sites for hydroxylation is 2. The summed E-state index contributed by atoms with van der Waals surface area (Å²) in [5.74, 6) is 1.85. The van der Waals surface area contributed by atoms with E-state index in [2.05, 4.69) is 25.9 Å². The van der Waals surface area contributed by atoms with Gasteiger partial charge in [-0.25, -0.2) is 0 Å². The monoisotopic (exact) mass is 241 g/mol. The van der Waals surface area contributed by atoms with Crippen LogP contribution in [0.2, 0.25) is 0 Å². The van der Waals surface area contributed by atoms with Gasteiger partial charge >= 0.3 is 0 Å². The molecule has 0 spiro atoms. The molecule has 92 valence electrons. The lowest BCUT2D eigenvalue weighted by atomic mass is 10.2. The maximum absolute atomic E-state index is 6.11. The quantitative estimate of drug-likeness (QED) is 0.778. The first-order valence-electron chi connectivity index (χ1n) is 6.04. The number of aromatic nitrogens is 2. The Kier molecular flexibility index (Phi) is 5.19. The molecule has 4 heteroatoms. The van der Waals surface area contributed by atoms with Crippen LogP contribution in [0.25, 0.3) is 0 Å². The summed E-state index contributed by atoms with van der Waals surface area (Å²) in [6.07, 6.45) is 3.28. The zero-order valence-corrected chi connectivity index (χ0v) is 11.6. The van der Waals surface area contributed by atoms with Gasteiger partial charge in [0.25, 0.3) is 0 Å². The van der Waals surface area contributed by atoms with Gasteiger partial charge in [0.15, 0.2) is 0 Å². The van der Waals surface area contributed by atoms with Crippen LogP contribution in [0, 0.1) is 5.92 Å². The van der Waals surface area contributed by atoms with Crippen molar-refractivity contribution in [3.8, 4) is 0 Å². The van der Waals surface area contributed by atoms with Gasteiger partial charge in [-0.1, -0.05) is 33.6 Å². The molecular formula is C12H23N3S. The largest absolute Gasteiger partial charge is 0.395 e. The van der Waals surface area contributed by atoms with Gasteiger partial charge in [0.05, 0.1) is 11.4 Å². The molecule has 1 aromatic rings. The third-order valence-electron chi connectivity index (χ3n) is 2.79. The summed E-state index contributed by atoms with van der Waals surface area (Å²) in [6.45, 7) is 6.65. The Morgan fingerprint density at radius 2 is 2.12 bits per heavy atom. The molecule has 0 aliphatic carbocycles. The van der Waals surface area contributed by atoms with Crippen molar-refractivity contribution in [3.63, 3.8) is 0 Å². The molecule has 0 aliphatic rings. The first kappa shape index (κ1) is 13.4. The summed E-state index contributed by atoms with van der Waals surface area (Å²) in [5, 5.41) is 5.60. The first-order valence-corrected chi connectivity index (χ1v) is 7.02. The summed E-state index contributed by atoms with van der Waals surface area (Å²) in [4.78, 5) is 0. The van der Waals surface area contributed by atoms with Crippen LogP contribution < -0.4 is 5.73 Å². The maximum atomic E-state index is 6.11. The minimum atomic E-state index is 0.730. The van der Waals surface area contributed by atoms with E-state index >= 15 is 0 Å². The van der Waals surface area contributed by atoms with Crippen LogP contribution in [0.5, 0.6) is 0 Å². The van der Waals surface area contributed by atoms with E-state index in [0.29, 0.717) is 0 Å². The third kappa shape index (κ3) is 3.17. The normalized spacial score (nSPS) is 13.0. The molecule has 0 aliphatic heterocycles. The summed E-state index contributed by atoms with van der Waals surface area (Å²) < 4.78 is 1.92. The van der Waals surface area contributed by atoms with E-state index in [1.165, 1.54) is 6.42 Å². The highest BCUT2D eigenvalue weighted by atomic mass is 32.2. The zero-order chi connectivity index (χ0) is 12.1. The van der Waals surface area contributed by atoms with Crippen LogP contribution >= 0.6 is 11.8 Å². The second kappa shape index (κ2) is 6.18. The Morgan fingerprint density at radius 3 is 2.69 bits per heavy atom. The Hall–Kier alpha value is -0.640. The van der Waals surface area contributed by atoms with E-state index in [9.17, 15) is 0 Å². The third-order valence-corrected chi connectivity index (χ3v) is 4.29. The molecular weight excluding hydrogens is 218 g/mol. The molecule has 0 amide bonds. The van der Waals surface area contributed by atoms with Crippen LogP contribution in [0.15, 0.2) is 5.03 Å². The number of nitrogens with two attached hydrogens (primary N) is 1. The standard InChI is InChI=1S/C12H23N3S/c1-5-7-10-11(13)12(15(4)14-10)16-8-9(3)6-2/h9H,5-8,13H2,1-4H3. The van der Waals surface area contributed by atoms with E-state index in [-0.39, 0.29) is 0 Å². The molecule has 2 N–H and O–H groups in total. The predicted octanol–water partition coefficient (Wildman–Crippen LogP) is 3.09. The molecule has 0 saturated heterocycles. The van der Waals surface area contributed by atoms with Crippen LogP contribution in [0.1, 0.15) is 39.3 Å². The summed E-state index contributed by atoms with van der Waals surface area (Å²) in [7, 11) is 1.98. The predicted molar refractivity (Wildman–Crippen MR) is 71.8 cm³/mol. The minimum absolute atomic E-state index is 0.730. The molecule has 1 atom stereocenters. The van der Waals surface area contributed by atoms with Gasteiger partial charge < -0.3 is 5.73 Å². The number of hydrogen-bond donors (Lipinski definition) is 1. The zero-order valence-electron chi connectivity index (χ0n) is 10.8. The molecule has 1 unspecified atom stereocenters. The number of thioether (sulfide) groups is 1. The van der Waals surface area contributed by atoms with Crippen molar-refractivity contribution in [2.75, 3.05) is 11.5 Å². The number of nitrogens with zero attached hydrogens (tertiary/aromatic N) is 2. The number of rotatable bonds is 6. The second-order valence-corrected chi connectivity index (χ2v) is 5.37. The highest BCUT2D eigenvalue weighted by Gasteiger charge is 2.13. The first-order chi connectivity index (χ1) is 7.60. The van der Waals surface area contributed by atoms with E-state index in [0.717, 1.165) is 40.9 Å². The lowest BCUT2D eigenvalue weighted by Crippen LogP contribution is -1.99. The van der Waals surface area contributed by atoms with E-state index in [4.69, 9.17) is 5.73 Å². The van der Waals surface area contributed by atoms with Gasteiger partial charge in [-0.3, -0.25) is 4.68 Å². The molecule has 0 bridgehead atoms. The Balaban J connectivity index is 2.72. The van der Waals surface area contributed by atoms with E-state index < -0.39 is 0 Å². The number of hydrogen-bond acceptors (Lipinski definition) is 3. The maximum Gasteiger partial charge on any atom is 0.117 e.